The van der Waals surface area contributed by atoms with E-state index in [1.54, 1.807) is 0 Å². The molecule has 0 aromatic rings. The minimum atomic E-state index is -1.59. The van der Waals surface area contributed by atoms with E-state index >= 15 is 0 Å². The van der Waals surface area contributed by atoms with E-state index < -0.39 is 49.4 Å². The molecule has 0 aliphatic carbocycles. The maximum Gasteiger partial charge on any atom is 0.306 e. The number of carbonyl (C=O) groups is 2. The number of hydrogen-bond donors (Lipinski definition) is 4. The number of carbonyl (C=O) groups excluding carboxylic acids is 2. The second-order valence-electron chi connectivity index (χ2n) is 12.7. The van der Waals surface area contributed by atoms with Gasteiger partial charge >= 0.3 is 11.9 Å². The van der Waals surface area contributed by atoms with Crippen molar-refractivity contribution in [2.75, 3.05) is 19.8 Å². The van der Waals surface area contributed by atoms with E-state index in [1.807, 2.05) is 0 Å². The highest BCUT2D eigenvalue weighted by atomic mass is 16.7. The zero-order chi connectivity index (χ0) is 34.5. The first-order valence-corrected chi connectivity index (χ1v) is 18.4. The van der Waals surface area contributed by atoms with E-state index in [2.05, 4.69) is 38.2 Å². The van der Waals surface area contributed by atoms with Crippen LogP contribution in [0.5, 0.6) is 0 Å². The van der Waals surface area contributed by atoms with Crippen molar-refractivity contribution in [3.05, 3.63) is 24.3 Å². The predicted octanol–water partition coefficient (Wildman–Crippen LogP) is 6.21. The lowest BCUT2D eigenvalue weighted by Gasteiger charge is -2.39. The van der Waals surface area contributed by atoms with Gasteiger partial charge in [0.2, 0.25) is 0 Å². The summed E-state index contributed by atoms with van der Waals surface area (Å²) in [6.07, 6.45) is 20.7. The Hall–Kier alpha value is -1.82. The predicted molar refractivity (Wildman–Crippen MR) is 183 cm³/mol. The number of aliphatic hydroxyl groups is 4. The number of esters is 2. The van der Waals surface area contributed by atoms with Crippen molar-refractivity contribution in [1.29, 1.82) is 0 Å². The fourth-order valence-electron chi connectivity index (χ4n) is 5.33. The number of hydrogen-bond acceptors (Lipinski definition) is 10. The van der Waals surface area contributed by atoms with Gasteiger partial charge in [0.15, 0.2) is 12.4 Å². The molecule has 1 rings (SSSR count). The number of ether oxygens (including phenoxy) is 4. The standard InChI is InChI=1S/C37H66O10/c1-3-5-7-9-11-12-13-14-15-16-17-18-20-22-24-26-33(40)46-30(28-44-32(39)25-23-21-19-10-8-6-4-2)29-45-37-36(43)35(42)34(41)31(27-38)47-37/h11-12,14-15,30-31,34-38,41-43H,3-10,13,16-29H2,1-2H3/b12-11-,15-14-/t30?,31-,34-,35+,36-,37-/m1/s1. The van der Waals surface area contributed by atoms with E-state index in [1.165, 1.54) is 44.9 Å². The smallest absolute Gasteiger partial charge is 0.306 e. The Morgan fingerprint density at radius 1 is 0.660 bits per heavy atom. The first-order valence-electron chi connectivity index (χ1n) is 18.4. The molecule has 0 aromatic carbocycles. The molecule has 1 fully saturated rings. The fraction of sp³-hybridized carbons (Fsp3) is 0.838. The molecule has 0 spiro atoms. The maximum absolute atomic E-state index is 12.6. The lowest BCUT2D eigenvalue weighted by molar-refractivity contribution is -0.305. The van der Waals surface area contributed by atoms with Crippen LogP contribution in [-0.4, -0.2) is 89.0 Å². The summed E-state index contributed by atoms with van der Waals surface area (Å²) in [7, 11) is 0. The molecular weight excluding hydrogens is 604 g/mol. The van der Waals surface area contributed by atoms with Crippen LogP contribution >= 0.6 is 0 Å². The van der Waals surface area contributed by atoms with Gasteiger partial charge in [-0.3, -0.25) is 9.59 Å². The second-order valence-corrected chi connectivity index (χ2v) is 12.7. The Morgan fingerprint density at radius 2 is 1.19 bits per heavy atom. The summed E-state index contributed by atoms with van der Waals surface area (Å²) >= 11 is 0. The summed E-state index contributed by atoms with van der Waals surface area (Å²) < 4.78 is 21.9. The molecule has 0 amide bonds. The quantitative estimate of drug-likeness (QED) is 0.0411. The fourth-order valence-corrected chi connectivity index (χ4v) is 5.33. The highest BCUT2D eigenvalue weighted by Gasteiger charge is 2.44. The van der Waals surface area contributed by atoms with Crippen molar-refractivity contribution >= 4 is 11.9 Å². The average molecular weight is 671 g/mol. The molecule has 274 valence electrons. The number of allylic oxidation sites excluding steroid dienone is 4. The van der Waals surface area contributed by atoms with E-state index in [-0.39, 0.29) is 32.0 Å². The minimum absolute atomic E-state index is 0.215. The Kier molecular flexibility index (Phi) is 26.8. The molecule has 10 nitrogen and oxygen atoms in total. The van der Waals surface area contributed by atoms with Crippen molar-refractivity contribution in [2.45, 2.75) is 179 Å². The molecule has 1 heterocycles. The van der Waals surface area contributed by atoms with Crippen molar-refractivity contribution in [3.63, 3.8) is 0 Å². The van der Waals surface area contributed by atoms with Crippen LogP contribution in [-0.2, 0) is 28.5 Å². The van der Waals surface area contributed by atoms with Gasteiger partial charge in [0.1, 0.15) is 31.0 Å². The van der Waals surface area contributed by atoms with Crippen molar-refractivity contribution < 1.29 is 49.0 Å². The van der Waals surface area contributed by atoms with Crippen LogP contribution in [0.25, 0.3) is 0 Å². The van der Waals surface area contributed by atoms with Gasteiger partial charge in [-0.15, -0.1) is 0 Å². The van der Waals surface area contributed by atoms with Crippen molar-refractivity contribution in [3.8, 4) is 0 Å². The van der Waals surface area contributed by atoms with Crippen LogP contribution in [0.1, 0.15) is 142 Å². The van der Waals surface area contributed by atoms with Crippen LogP contribution < -0.4 is 0 Å². The average Bonchev–Trinajstić information content (AvgIpc) is 3.06. The summed E-state index contributed by atoms with van der Waals surface area (Å²) in [6, 6.07) is 0. The molecule has 1 saturated heterocycles. The van der Waals surface area contributed by atoms with Gasteiger partial charge in [0.25, 0.3) is 0 Å². The summed E-state index contributed by atoms with van der Waals surface area (Å²) in [5, 5.41) is 39.8. The Labute approximate surface area is 283 Å². The molecule has 0 saturated carbocycles. The number of rotatable bonds is 29. The molecule has 1 aliphatic rings. The van der Waals surface area contributed by atoms with Crippen molar-refractivity contribution in [2.24, 2.45) is 0 Å². The van der Waals surface area contributed by atoms with Gasteiger partial charge in [-0.1, -0.05) is 109 Å². The van der Waals surface area contributed by atoms with Gasteiger partial charge in [0, 0.05) is 12.8 Å². The van der Waals surface area contributed by atoms with Crippen LogP contribution in [0.4, 0.5) is 0 Å². The second kappa shape index (κ2) is 29.1. The SMILES string of the molecule is CCCCC/C=C\C/C=C\CCCCCCCC(=O)OC(COC(=O)CCCCCCCCC)CO[C@@H]1O[C@H](CO)[C@@H](O)[C@H](O)[C@H]1O. The highest BCUT2D eigenvalue weighted by Crippen LogP contribution is 2.22. The van der Waals surface area contributed by atoms with E-state index in [9.17, 15) is 30.0 Å². The third-order valence-corrected chi connectivity index (χ3v) is 8.34. The summed E-state index contributed by atoms with van der Waals surface area (Å²) in [5.41, 5.74) is 0. The van der Waals surface area contributed by atoms with Gasteiger partial charge < -0.3 is 39.4 Å². The van der Waals surface area contributed by atoms with Gasteiger partial charge in [0.05, 0.1) is 13.2 Å². The highest BCUT2D eigenvalue weighted by molar-refractivity contribution is 5.70. The topological polar surface area (TPSA) is 152 Å². The molecule has 0 bridgehead atoms. The molecule has 1 aliphatic heterocycles. The normalized spacial score (nSPS) is 22.2. The van der Waals surface area contributed by atoms with Crippen LogP contribution in [0, 0.1) is 0 Å². The van der Waals surface area contributed by atoms with Crippen LogP contribution in [0.15, 0.2) is 24.3 Å². The first-order chi connectivity index (χ1) is 22.8. The molecule has 0 aromatic heterocycles. The Bertz CT molecular complexity index is 830. The molecule has 10 heteroatoms. The molecule has 4 N–H and O–H groups in total. The lowest BCUT2D eigenvalue weighted by Crippen LogP contribution is -2.59. The Morgan fingerprint density at radius 3 is 1.81 bits per heavy atom. The van der Waals surface area contributed by atoms with Gasteiger partial charge in [-0.05, 0) is 44.9 Å². The lowest BCUT2D eigenvalue weighted by atomic mass is 9.99. The molecule has 1 unspecified atom stereocenters. The summed E-state index contributed by atoms with van der Waals surface area (Å²) in [6.45, 7) is 3.30. The maximum atomic E-state index is 12.6. The third kappa shape index (κ3) is 21.7. The van der Waals surface area contributed by atoms with E-state index in [0.29, 0.717) is 6.42 Å². The molecular formula is C37H66O10. The minimum Gasteiger partial charge on any atom is -0.462 e. The number of aliphatic hydroxyl groups excluding tert-OH is 4. The van der Waals surface area contributed by atoms with Gasteiger partial charge in [-0.25, -0.2) is 0 Å². The van der Waals surface area contributed by atoms with Crippen LogP contribution in [0.2, 0.25) is 0 Å². The largest absolute Gasteiger partial charge is 0.462 e. The molecule has 47 heavy (non-hydrogen) atoms. The Balaban J connectivity index is 2.41. The number of unbranched alkanes of at least 4 members (excludes halogenated alkanes) is 14. The zero-order valence-corrected chi connectivity index (χ0v) is 29.3. The van der Waals surface area contributed by atoms with Gasteiger partial charge in [-0.2, -0.15) is 0 Å². The monoisotopic (exact) mass is 670 g/mol. The third-order valence-electron chi connectivity index (χ3n) is 8.34. The van der Waals surface area contributed by atoms with Crippen molar-refractivity contribution in [1.82, 2.24) is 0 Å². The van der Waals surface area contributed by atoms with E-state index in [0.717, 1.165) is 64.2 Å². The van der Waals surface area contributed by atoms with Crippen LogP contribution in [0.3, 0.4) is 0 Å². The first kappa shape index (κ1) is 43.2. The summed E-state index contributed by atoms with van der Waals surface area (Å²) in [4.78, 5) is 25.0. The zero-order valence-electron chi connectivity index (χ0n) is 29.3. The molecule has 0 radical (unpaired) electrons. The summed E-state index contributed by atoms with van der Waals surface area (Å²) in [5.74, 6) is -0.831. The van der Waals surface area contributed by atoms with E-state index in [4.69, 9.17) is 18.9 Å². The molecule has 6 atom stereocenters.